The summed E-state index contributed by atoms with van der Waals surface area (Å²) in [4.78, 5) is 33.7. The lowest BCUT2D eigenvalue weighted by Crippen LogP contribution is -2.37. The van der Waals surface area contributed by atoms with Crippen LogP contribution in [0.25, 0.3) is 0 Å². The molecular weight excluding hydrogens is 428 g/mol. The number of amides is 1. The molecule has 0 unspecified atom stereocenters. The molecule has 0 radical (unpaired) electrons. The van der Waals surface area contributed by atoms with Crippen LogP contribution in [-0.2, 0) is 26.2 Å². The number of carbonyl (C=O) groups excluding carboxylic acids is 2. The number of fused-ring (bicyclic) bond motifs is 1. The fourth-order valence-electron chi connectivity index (χ4n) is 2.80. The fraction of sp³-hybridized carbons (Fsp3) is 0.250. The number of ether oxygens (including phenoxy) is 2. The van der Waals surface area contributed by atoms with Gasteiger partial charge in [-0.2, -0.15) is 0 Å². The largest absolute Gasteiger partial charge is 0.486 e. The molecule has 3 N–H and O–H groups in total. The predicted octanol–water partition coefficient (Wildman–Crippen LogP) is 0.708. The monoisotopic (exact) mass is 448 g/mol. The van der Waals surface area contributed by atoms with Crippen molar-refractivity contribution in [2.24, 2.45) is 0 Å². The summed E-state index contributed by atoms with van der Waals surface area (Å²) in [5.74, 6) is -0.972. The number of carbonyl (C=O) groups is 3. The smallest absolute Gasteiger partial charge is 0.305 e. The van der Waals surface area contributed by atoms with E-state index in [1.165, 1.54) is 30.3 Å². The zero-order valence-electron chi connectivity index (χ0n) is 16.2. The average Bonchev–Trinajstić information content (AvgIpc) is 2.77. The average molecular weight is 448 g/mol. The third-order valence-electron chi connectivity index (χ3n) is 4.38. The Balaban J connectivity index is 1.61. The molecule has 31 heavy (non-hydrogen) atoms. The highest BCUT2D eigenvalue weighted by Gasteiger charge is 2.20. The number of carboxylic acids is 1. The Morgan fingerprint density at radius 2 is 1.74 bits per heavy atom. The van der Waals surface area contributed by atoms with Gasteiger partial charge in [0.05, 0.1) is 17.4 Å². The first-order valence-electron chi connectivity index (χ1n) is 9.25. The van der Waals surface area contributed by atoms with Crippen LogP contribution >= 0.6 is 0 Å². The van der Waals surface area contributed by atoms with Crippen LogP contribution in [0.3, 0.4) is 0 Å². The highest BCUT2D eigenvalue weighted by molar-refractivity contribution is 7.89. The molecule has 164 valence electrons. The Kier molecular flexibility index (Phi) is 6.88. The van der Waals surface area contributed by atoms with Crippen LogP contribution in [0.5, 0.6) is 11.5 Å². The summed E-state index contributed by atoms with van der Waals surface area (Å²) in [6.07, 6.45) is -0.165. The molecule has 0 aliphatic carbocycles. The standard InChI is InChI=1S/C20H20N2O8S/c23-12-15(9-19(24)25)22-20(26)14-3-1-13(2-4-14)11-21-31(27,28)16-5-6-17-18(10-16)30-8-7-29-17/h1-6,10,12,15,21H,7-9,11H2,(H,22,26)(H,24,25)/t15-/m0/s1. The van der Waals surface area contributed by atoms with Gasteiger partial charge >= 0.3 is 5.97 Å². The van der Waals surface area contributed by atoms with Crippen LogP contribution in [-0.4, -0.2) is 50.9 Å². The van der Waals surface area contributed by atoms with E-state index in [9.17, 15) is 22.8 Å². The van der Waals surface area contributed by atoms with Crippen LogP contribution < -0.4 is 19.5 Å². The minimum Gasteiger partial charge on any atom is -0.486 e. The van der Waals surface area contributed by atoms with E-state index in [1.807, 2.05) is 0 Å². The van der Waals surface area contributed by atoms with E-state index in [1.54, 1.807) is 12.1 Å². The quantitative estimate of drug-likeness (QED) is 0.475. The summed E-state index contributed by atoms with van der Waals surface area (Å²) < 4.78 is 38.4. The van der Waals surface area contributed by atoms with Crippen LogP contribution in [0.15, 0.2) is 47.4 Å². The summed E-state index contributed by atoms with van der Waals surface area (Å²) in [7, 11) is -3.81. The molecule has 1 aliphatic heterocycles. The first-order valence-corrected chi connectivity index (χ1v) is 10.7. The summed E-state index contributed by atoms with van der Waals surface area (Å²) in [5, 5.41) is 11.0. The molecule has 0 fully saturated rings. The highest BCUT2D eigenvalue weighted by atomic mass is 32.2. The molecule has 3 rings (SSSR count). The van der Waals surface area contributed by atoms with Gasteiger partial charge in [-0.25, -0.2) is 13.1 Å². The van der Waals surface area contributed by atoms with Gasteiger partial charge in [-0.05, 0) is 29.8 Å². The molecular formula is C20H20N2O8S. The molecule has 10 nitrogen and oxygen atoms in total. The Labute approximate surface area is 178 Å². The number of aldehydes is 1. The number of sulfonamides is 1. The van der Waals surface area contributed by atoms with E-state index in [2.05, 4.69) is 10.0 Å². The van der Waals surface area contributed by atoms with Gasteiger partial charge in [0, 0.05) is 18.2 Å². The SMILES string of the molecule is O=C[C@H](CC(=O)O)NC(=O)c1ccc(CNS(=O)(=O)c2ccc3c(c2)OCCO3)cc1. The van der Waals surface area contributed by atoms with Crippen molar-refractivity contribution < 1.29 is 37.4 Å². The number of hydrogen-bond donors (Lipinski definition) is 3. The number of nitrogens with one attached hydrogen (secondary N) is 2. The summed E-state index contributed by atoms with van der Waals surface area (Å²) in [6.45, 7) is 0.725. The Bertz CT molecular complexity index is 1080. The van der Waals surface area contributed by atoms with Crippen LogP contribution in [0.2, 0.25) is 0 Å². The van der Waals surface area contributed by atoms with E-state index in [0.717, 1.165) is 0 Å². The van der Waals surface area contributed by atoms with E-state index in [4.69, 9.17) is 14.6 Å². The lowest BCUT2D eigenvalue weighted by Gasteiger charge is -2.19. The Hall–Kier alpha value is -3.44. The molecule has 2 aromatic rings. The van der Waals surface area contributed by atoms with Crippen molar-refractivity contribution in [3.8, 4) is 11.5 Å². The minimum absolute atomic E-state index is 0.0192. The predicted molar refractivity (Wildman–Crippen MR) is 107 cm³/mol. The summed E-state index contributed by atoms with van der Waals surface area (Å²) in [6, 6.07) is 9.21. The second kappa shape index (κ2) is 9.58. The maximum atomic E-state index is 12.6. The van der Waals surface area contributed by atoms with Gasteiger partial charge in [-0.1, -0.05) is 12.1 Å². The fourth-order valence-corrected chi connectivity index (χ4v) is 3.83. The topological polar surface area (TPSA) is 148 Å². The molecule has 1 amide bonds. The molecule has 0 aromatic heterocycles. The molecule has 0 bridgehead atoms. The molecule has 0 saturated carbocycles. The van der Waals surface area contributed by atoms with E-state index in [-0.39, 0.29) is 17.0 Å². The van der Waals surface area contributed by atoms with Gasteiger partial charge in [0.15, 0.2) is 11.5 Å². The number of rotatable bonds is 9. The first-order chi connectivity index (χ1) is 14.8. The van der Waals surface area contributed by atoms with Crippen molar-refractivity contribution in [2.75, 3.05) is 13.2 Å². The van der Waals surface area contributed by atoms with E-state index in [0.29, 0.717) is 36.6 Å². The van der Waals surface area contributed by atoms with Crippen LogP contribution in [0.4, 0.5) is 0 Å². The molecule has 11 heteroatoms. The molecule has 1 atom stereocenters. The molecule has 1 heterocycles. The van der Waals surface area contributed by atoms with Gasteiger partial charge < -0.3 is 24.7 Å². The second-order valence-electron chi connectivity index (χ2n) is 6.64. The number of carboxylic acid groups (broad SMARTS) is 1. The minimum atomic E-state index is -3.81. The van der Waals surface area contributed by atoms with Crippen molar-refractivity contribution in [3.63, 3.8) is 0 Å². The normalized spacial score (nSPS) is 13.8. The van der Waals surface area contributed by atoms with E-state index < -0.39 is 34.4 Å². The summed E-state index contributed by atoms with van der Waals surface area (Å²) in [5.41, 5.74) is 0.797. The third-order valence-corrected chi connectivity index (χ3v) is 5.78. The Morgan fingerprint density at radius 3 is 2.39 bits per heavy atom. The lowest BCUT2D eigenvalue weighted by molar-refractivity contribution is -0.138. The van der Waals surface area contributed by atoms with Gasteiger partial charge in [-0.3, -0.25) is 9.59 Å². The van der Waals surface area contributed by atoms with Gasteiger partial charge in [0.1, 0.15) is 19.5 Å². The van der Waals surface area contributed by atoms with Crippen LogP contribution in [0, 0.1) is 0 Å². The van der Waals surface area contributed by atoms with Crippen molar-refractivity contribution in [1.29, 1.82) is 0 Å². The van der Waals surface area contributed by atoms with Crippen molar-refractivity contribution in [2.45, 2.75) is 23.9 Å². The molecule has 2 aromatic carbocycles. The summed E-state index contributed by atoms with van der Waals surface area (Å²) >= 11 is 0. The van der Waals surface area contributed by atoms with E-state index >= 15 is 0 Å². The Morgan fingerprint density at radius 1 is 1.06 bits per heavy atom. The maximum Gasteiger partial charge on any atom is 0.305 e. The molecule has 1 aliphatic rings. The zero-order valence-corrected chi connectivity index (χ0v) is 17.1. The van der Waals surface area contributed by atoms with Gasteiger partial charge in [0.2, 0.25) is 10.0 Å². The maximum absolute atomic E-state index is 12.6. The van der Waals surface area contributed by atoms with Crippen molar-refractivity contribution in [1.82, 2.24) is 10.0 Å². The number of benzene rings is 2. The van der Waals surface area contributed by atoms with Gasteiger partial charge in [0.25, 0.3) is 5.91 Å². The second-order valence-corrected chi connectivity index (χ2v) is 8.41. The number of aliphatic carboxylic acids is 1. The van der Waals surface area contributed by atoms with Crippen LogP contribution in [0.1, 0.15) is 22.3 Å². The highest BCUT2D eigenvalue weighted by Crippen LogP contribution is 2.32. The van der Waals surface area contributed by atoms with Gasteiger partial charge in [-0.15, -0.1) is 0 Å². The first kappa shape index (κ1) is 22.2. The lowest BCUT2D eigenvalue weighted by atomic mass is 10.1. The molecule has 0 spiro atoms. The molecule has 0 saturated heterocycles. The van der Waals surface area contributed by atoms with Crippen molar-refractivity contribution >= 4 is 28.2 Å². The number of hydrogen-bond acceptors (Lipinski definition) is 7. The van der Waals surface area contributed by atoms with Crippen molar-refractivity contribution in [3.05, 3.63) is 53.6 Å². The zero-order chi connectivity index (χ0) is 22.4. The third kappa shape index (κ3) is 5.80.